The Hall–Kier alpha value is -0.960. The Morgan fingerprint density at radius 1 is 1.24 bits per heavy atom. The van der Waals surface area contributed by atoms with Gasteiger partial charge in [-0.25, -0.2) is 0 Å². The molecule has 0 aliphatic heterocycles. The second-order valence-corrected chi connectivity index (χ2v) is 5.47. The zero-order chi connectivity index (χ0) is 12.7. The van der Waals surface area contributed by atoms with Gasteiger partial charge in [0.15, 0.2) is 0 Å². The molecule has 0 heterocycles. The van der Waals surface area contributed by atoms with Crippen LogP contribution in [0.25, 0.3) is 6.08 Å². The van der Waals surface area contributed by atoms with E-state index in [1.54, 1.807) is 0 Å². The van der Waals surface area contributed by atoms with Crippen molar-refractivity contribution in [3.63, 3.8) is 0 Å². The fraction of sp³-hybridized carbons (Fsp3) is 0.429. The monoisotopic (exact) mass is 295 g/mol. The summed E-state index contributed by atoms with van der Waals surface area (Å²) in [5.74, 6) is 0.611. The van der Waals surface area contributed by atoms with E-state index in [9.17, 15) is 4.91 Å². The Balaban J connectivity index is 2.55. The average Bonchev–Trinajstić information content (AvgIpc) is 2.31. The molecule has 0 saturated carbocycles. The summed E-state index contributed by atoms with van der Waals surface area (Å²) < 4.78 is 1.06. The van der Waals surface area contributed by atoms with Gasteiger partial charge in [-0.3, -0.25) is 0 Å². The van der Waals surface area contributed by atoms with E-state index in [2.05, 4.69) is 35.0 Å². The first kappa shape index (κ1) is 14.1. The first-order chi connectivity index (χ1) is 8.11. The molecule has 17 heavy (non-hydrogen) atoms. The first-order valence-corrected chi connectivity index (χ1v) is 6.67. The highest BCUT2D eigenvalue weighted by Gasteiger charge is 2.05. The zero-order valence-electron chi connectivity index (χ0n) is 10.3. The molecule has 0 bridgehead atoms. The summed E-state index contributed by atoms with van der Waals surface area (Å²) >= 11 is 3.39. The van der Waals surface area contributed by atoms with Crippen LogP contribution in [0.5, 0.6) is 0 Å². The number of nitrogens with zero attached hydrogens (tertiary/aromatic N) is 1. The molecular weight excluding hydrogens is 278 g/mol. The Labute approximate surface area is 111 Å². The van der Waals surface area contributed by atoms with Gasteiger partial charge in [-0.1, -0.05) is 59.2 Å². The summed E-state index contributed by atoms with van der Waals surface area (Å²) in [6.07, 6.45) is 5.70. The third-order valence-corrected chi connectivity index (χ3v) is 3.08. The van der Waals surface area contributed by atoms with Gasteiger partial charge in [-0.15, -0.1) is 0 Å². The van der Waals surface area contributed by atoms with E-state index in [1.807, 2.05) is 36.4 Å². The minimum Gasteiger partial charge on any atom is -0.150 e. The third kappa shape index (κ3) is 5.78. The van der Waals surface area contributed by atoms with Crippen molar-refractivity contribution >= 4 is 22.0 Å². The quantitative estimate of drug-likeness (QED) is 0.677. The second kappa shape index (κ2) is 7.38. The van der Waals surface area contributed by atoms with E-state index in [0.29, 0.717) is 5.92 Å². The molecule has 0 saturated heterocycles. The maximum atomic E-state index is 10.7. The third-order valence-electron chi connectivity index (χ3n) is 2.56. The Morgan fingerprint density at radius 3 is 2.41 bits per heavy atom. The van der Waals surface area contributed by atoms with Crippen molar-refractivity contribution in [2.75, 3.05) is 0 Å². The van der Waals surface area contributed by atoms with Crippen LogP contribution in [0.3, 0.4) is 0 Å². The molecule has 3 heteroatoms. The Kier molecular flexibility index (Phi) is 6.12. The van der Waals surface area contributed by atoms with E-state index < -0.39 is 0 Å². The minimum absolute atomic E-state index is 0.207. The minimum atomic E-state index is -0.207. The molecule has 0 spiro atoms. The van der Waals surface area contributed by atoms with Gasteiger partial charge in [0.25, 0.3) is 0 Å². The molecule has 0 aromatic heterocycles. The lowest BCUT2D eigenvalue weighted by Gasteiger charge is -2.06. The van der Waals surface area contributed by atoms with Crippen LogP contribution in [0, 0.1) is 10.8 Å². The molecule has 0 aliphatic rings. The average molecular weight is 296 g/mol. The molecule has 92 valence electrons. The van der Waals surface area contributed by atoms with Gasteiger partial charge in [0.2, 0.25) is 0 Å². The van der Waals surface area contributed by atoms with Crippen LogP contribution in [0.15, 0.2) is 40.0 Å². The highest BCUT2D eigenvalue weighted by molar-refractivity contribution is 9.10. The van der Waals surface area contributed by atoms with Crippen LogP contribution in [-0.4, -0.2) is 6.04 Å². The number of hydrogen-bond donors (Lipinski definition) is 0. The van der Waals surface area contributed by atoms with Crippen molar-refractivity contribution < 1.29 is 0 Å². The number of halogens is 1. The van der Waals surface area contributed by atoms with Gasteiger partial charge in [-0.2, -0.15) is 4.91 Å². The van der Waals surface area contributed by atoms with E-state index in [4.69, 9.17) is 0 Å². The topological polar surface area (TPSA) is 29.4 Å². The van der Waals surface area contributed by atoms with Gasteiger partial charge in [-0.05, 0) is 36.5 Å². The Morgan fingerprint density at radius 2 is 1.88 bits per heavy atom. The maximum absolute atomic E-state index is 10.7. The van der Waals surface area contributed by atoms with Crippen LogP contribution in [0.1, 0.15) is 32.3 Å². The number of nitroso groups, excluding NO2 is 1. The molecule has 1 aromatic carbocycles. The van der Waals surface area contributed by atoms with Crippen molar-refractivity contribution in [1.29, 1.82) is 0 Å². The van der Waals surface area contributed by atoms with Gasteiger partial charge < -0.3 is 0 Å². The predicted octanol–water partition coefficient (Wildman–Crippen LogP) is 5.03. The molecule has 1 rings (SSSR count). The standard InChI is InChI=1S/C14H18BrNO/c1-11(2)3-9-14(16-17)10-6-12-4-7-13(15)8-5-12/h4-8,10-11,14H,3,9H2,1-2H3. The molecule has 0 amide bonds. The van der Waals surface area contributed by atoms with Crippen molar-refractivity contribution in [2.24, 2.45) is 11.1 Å². The van der Waals surface area contributed by atoms with Crippen LogP contribution in [-0.2, 0) is 0 Å². The SMILES string of the molecule is CC(C)CCC(C=Cc1ccc(Br)cc1)N=O. The molecule has 0 N–H and O–H groups in total. The summed E-state index contributed by atoms with van der Waals surface area (Å²) in [7, 11) is 0. The van der Waals surface area contributed by atoms with Crippen molar-refractivity contribution in [3.05, 3.63) is 45.3 Å². The van der Waals surface area contributed by atoms with Gasteiger partial charge >= 0.3 is 0 Å². The smallest absolute Gasteiger partial charge is 0.110 e. The van der Waals surface area contributed by atoms with Gasteiger partial charge in [0, 0.05) is 4.47 Å². The normalized spacial score (nSPS) is 13.2. The lowest BCUT2D eigenvalue weighted by atomic mass is 10.0. The molecular formula is C14H18BrNO. The fourth-order valence-electron chi connectivity index (χ4n) is 1.48. The molecule has 1 unspecified atom stereocenters. The van der Waals surface area contributed by atoms with E-state index in [-0.39, 0.29) is 6.04 Å². The summed E-state index contributed by atoms with van der Waals surface area (Å²) in [6.45, 7) is 4.31. The summed E-state index contributed by atoms with van der Waals surface area (Å²) in [5, 5.41) is 3.15. The molecule has 0 fully saturated rings. The fourth-order valence-corrected chi connectivity index (χ4v) is 1.75. The van der Waals surface area contributed by atoms with Crippen LogP contribution in [0.4, 0.5) is 0 Å². The van der Waals surface area contributed by atoms with Crippen LogP contribution >= 0.6 is 15.9 Å². The Bertz CT molecular complexity index is 370. The van der Waals surface area contributed by atoms with Gasteiger partial charge in [0.05, 0.1) is 0 Å². The van der Waals surface area contributed by atoms with Crippen molar-refractivity contribution in [2.45, 2.75) is 32.7 Å². The predicted molar refractivity (Wildman–Crippen MR) is 76.8 cm³/mol. The molecule has 1 aromatic rings. The second-order valence-electron chi connectivity index (χ2n) is 4.55. The van der Waals surface area contributed by atoms with E-state index >= 15 is 0 Å². The highest BCUT2D eigenvalue weighted by atomic mass is 79.9. The lowest BCUT2D eigenvalue weighted by Crippen LogP contribution is -2.01. The van der Waals surface area contributed by atoms with Crippen LogP contribution in [0.2, 0.25) is 0 Å². The number of benzene rings is 1. The largest absolute Gasteiger partial charge is 0.150 e. The highest BCUT2D eigenvalue weighted by Crippen LogP contribution is 2.14. The van der Waals surface area contributed by atoms with Crippen molar-refractivity contribution in [1.82, 2.24) is 0 Å². The molecule has 0 radical (unpaired) electrons. The van der Waals surface area contributed by atoms with E-state index in [1.165, 1.54) is 0 Å². The van der Waals surface area contributed by atoms with Gasteiger partial charge in [0.1, 0.15) is 6.04 Å². The van der Waals surface area contributed by atoms with Crippen LogP contribution < -0.4 is 0 Å². The maximum Gasteiger partial charge on any atom is 0.110 e. The summed E-state index contributed by atoms with van der Waals surface area (Å²) in [6, 6.07) is 7.77. The molecule has 1 atom stereocenters. The molecule has 0 aliphatic carbocycles. The van der Waals surface area contributed by atoms with E-state index in [0.717, 1.165) is 22.9 Å². The zero-order valence-corrected chi connectivity index (χ0v) is 11.9. The summed E-state index contributed by atoms with van der Waals surface area (Å²) in [5.41, 5.74) is 1.09. The van der Waals surface area contributed by atoms with Crippen molar-refractivity contribution in [3.8, 4) is 0 Å². The summed E-state index contributed by atoms with van der Waals surface area (Å²) in [4.78, 5) is 10.7. The molecule has 2 nitrogen and oxygen atoms in total. The number of hydrogen-bond acceptors (Lipinski definition) is 2. The number of rotatable bonds is 6. The first-order valence-electron chi connectivity index (χ1n) is 5.88. The lowest BCUT2D eigenvalue weighted by molar-refractivity contribution is 0.532.